The van der Waals surface area contributed by atoms with E-state index < -0.39 is 6.04 Å². The zero-order chi connectivity index (χ0) is 15.1. The second-order valence-electron chi connectivity index (χ2n) is 5.63. The average Bonchev–Trinajstić information content (AvgIpc) is 2.49. The Labute approximate surface area is 150 Å². The molecule has 2 atom stereocenters. The molecular weight excluding hydrogens is 337 g/mol. The summed E-state index contributed by atoms with van der Waals surface area (Å²) >= 11 is 0. The van der Waals surface area contributed by atoms with Crippen molar-refractivity contribution in [1.82, 2.24) is 10.2 Å². The Morgan fingerprint density at radius 2 is 2.09 bits per heavy atom. The van der Waals surface area contributed by atoms with Gasteiger partial charge in [0.15, 0.2) is 0 Å². The third-order valence-electron chi connectivity index (χ3n) is 3.78. The van der Waals surface area contributed by atoms with Gasteiger partial charge in [0.1, 0.15) is 6.04 Å². The van der Waals surface area contributed by atoms with E-state index in [4.69, 9.17) is 10.5 Å². The number of likely N-dealkylation sites (tertiary alicyclic amines) is 1. The van der Waals surface area contributed by atoms with Crippen LogP contribution in [0.2, 0.25) is 0 Å². The largest absolute Gasteiger partial charge is 0.383 e. The normalized spacial score (nSPS) is 19.1. The van der Waals surface area contributed by atoms with Crippen LogP contribution in [-0.2, 0) is 16.1 Å². The van der Waals surface area contributed by atoms with Gasteiger partial charge < -0.3 is 15.8 Å². The van der Waals surface area contributed by atoms with E-state index in [1.165, 1.54) is 5.56 Å². The number of benzene rings is 1. The second kappa shape index (κ2) is 11.6. The summed E-state index contributed by atoms with van der Waals surface area (Å²) in [4.78, 5) is 14.3. The van der Waals surface area contributed by atoms with Crippen LogP contribution in [-0.4, -0.2) is 49.7 Å². The van der Waals surface area contributed by atoms with E-state index in [1.807, 2.05) is 6.07 Å². The number of hydrogen-bond donors (Lipinski definition) is 2. The van der Waals surface area contributed by atoms with Crippen LogP contribution in [0.25, 0.3) is 0 Å². The predicted molar refractivity (Wildman–Crippen MR) is 97.2 cm³/mol. The molecular formula is C16H27Cl2N3O2. The van der Waals surface area contributed by atoms with E-state index in [0.717, 1.165) is 32.5 Å². The zero-order valence-corrected chi connectivity index (χ0v) is 15.1. The molecule has 23 heavy (non-hydrogen) atoms. The summed E-state index contributed by atoms with van der Waals surface area (Å²) < 4.78 is 4.92. The lowest BCUT2D eigenvalue weighted by molar-refractivity contribution is -0.124. The van der Waals surface area contributed by atoms with Gasteiger partial charge in [0.05, 0.1) is 6.61 Å². The van der Waals surface area contributed by atoms with E-state index in [2.05, 4.69) is 34.5 Å². The van der Waals surface area contributed by atoms with Crippen molar-refractivity contribution in [3.05, 3.63) is 35.9 Å². The van der Waals surface area contributed by atoms with E-state index >= 15 is 0 Å². The summed E-state index contributed by atoms with van der Waals surface area (Å²) in [5, 5.41) is 3.03. The van der Waals surface area contributed by atoms with Gasteiger partial charge in [-0.1, -0.05) is 30.3 Å². The molecule has 0 aliphatic carbocycles. The number of hydrogen-bond acceptors (Lipinski definition) is 4. The van der Waals surface area contributed by atoms with Gasteiger partial charge in [0.2, 0.25) is 5.91 Å². The third kappa shape index (κ3) is 7.50. The molecule has 0 radical (unpaired) electrons. The molecule has 0 saturated carbocycles. The number of ether oxygens (including phenoxy) is 1. The van der Waals surface area contributed by atoms with Gasteiger partial charge >= 0.3 is 0 Å². The molecule has 0 bridgehead atoms. The molecule has 1 aliphatic rings. The Balaban J connectivity index is 0.00000242. The first-order valence-corrected chi connectivity index (χ1v) is 7.50. The lowest BCUT2D eigenvalue weighted by Crippen LogP contribution is -2.52. The maximum atomic E-state index is 11.9. The molecule has 1 amide bonds. The molecule has 7 heteroatoms. The number of halogens is 2. The van der Waals surface area contributed by atoms with Crippen LogP contribution in [0, 0.1) is 0 Å². The summed E-state index contributed by atoms with van der Waals surface area (Å²) in [6, 6.07) is 10.0. The monoisotopic (exact) mass is 363 g/mol. The van der Waals surface area contributed by atoms with Crippen molar-refractivity contribution in [3.8, 4) is 0 Å². The van der Waals surface area contributed by atoms with Gasteiger partial charge in [0, 0.05) is 26.2 Å². The van der Waals surface area contributed by atoms with Crippen LogP contribution in [0.5, 0.6) is 0 Å². The molecule has 1 aliphatic heterocycles. The van der Waals surface area contributed by atoms with Crippen LogP contribution in [0.4, 0.5) is 0 Å². The molecule has 2 unspecified atom stereocenters. The fourth-order valence-electron chi connectivity index (χ4n) is 2.72. The summed E-state index contributed by atoms with van der Waals surface area (Å²) in [6.45, 7) is 3.13. The first-order chi connectivity index (χ1) is 10.2. The highest BCUT2D eigenvalue weighted by Crippen LogP contribution is 2.13. The molecule has 3 N–H and O–H groups in total. The Morgan fingerprint density at radius 3 is 2.74 bits per heavy atom. The maximum Gasteiger partial charge on any atom is 0.239 e. The lowest BCUT2D eigenvalue weighted by atomic mass is 10.0. The fraction of sp³-hybridized carbons (Fsp3) is 0.562. The minimum atomic E-state index is -0.584. The summed E-state index contributed by atoms with van der Waals surface area (Å²) in [5.41, 5.74) is 7.06. The SMILES string of the molecule is COCC(N)C(=O)NC1CCCN(Cc2ccccc2)C1.Cl.Cl. The van der Waals surface area contributed by atoms with Crippen LogP contribution in [0.1, 0.15) is 18.4 Å². The second-order valence-corrected chi connectivity index (χ2v) is 5.63. The molecule has 1 aromatic carbocycles. The molecule has 0 aromatic heterocycles. The molecule has 132 valence electrons. The molecule has 0 spiro atoms. The first kappa shape index (κ1) is 22.1. The van der Waals surface area contributed by atoms with Crippen molar-refractivity contribution in [1.29, 1.82) is 0 Å². The van der Waals surface area contributed by atoms with E-state index in [9.17, 15) is 4.79 Å². The van der Waals surface area contributed by atoms with Crippen LogP contribution >= 0.6 is 24.8 Å². The predicted octanol–water partition coefficient (Wildman–Crippen LogP) is 1.58. The van der Waals surface area contributed by atoms with Crippen molar-refractivity contribution in [3.63, 3.8) is 0 Å². The zero-order valence-electron chi connectivity index (χ0n) is 13.4. The van der Waals surface area contributed by atoms with E-state index in [1.54, 1.807) is 7.11 Å². The highest BCUT2D eigenvalue weighted by atomic mass is 35.5. The van der Waals surface area contributed by atoms with Crippen LogP contribution < -0.4 is 11.1 Å². The van der Waals surface area contributed by atoms with Crippen molar-refractivity contribution < 1.29 is 9.53 Å². The summed E-state index contributed by atoms with van der Waals surface area (Å²) in [6.07, 6.45) is 2.11. The Morgan fingerprint density at radius 1 is 1.39 bits per heavy atom. The van der Waals surface area contributed by atoms with Gasteiger partial charge in [-0.05, 0) is 24.9 Å². The molecule has 1 saturated heterocycles. The smallest absolute Gasteiger partial charge is 0.239 e. The minimum Gasteiger partial charge on any atom is -0.383 e. The van der Waals surface area contributed by atoms with Crippen molar-refractivity contribution in [2.75, 3.05) is 26.8 Å². The first-order valence-electron chi connectivity index (χ1n) is 7.50. The van der Waals surface area contributed by atoms with Gasteiger partial charge in [-0.15, -0.1) is 24.8 Å². The summed E-state index contributed by atoms with van der Waals surface area (Å²) in [5.74, 6) is -0.122. The number of piperidine rings is 1. The van der Waals surface area contributed by atoms with Gasteiger partial charge in [-0.2, -0.15) is 0 Å². The Kier molecular flexibility index (Phi) is 11.2. The standard InChI is InChI=1S/C16H25N3O2.2ClH/c1-21-12-15(17)16(20)18-14-8-5-9-19(11-14)10-13-6-3-2-4-7-13;;/h2-4,6-7,14-15H,5,8-12,17H2,1H3,(H,18,20);2*1H. The highest BCUT2D eigenvalue weighted by molar-refractivity contribution is 5.85. The van der Waals surface area contributed by atoms with E-state index in [-0.39, 0.29) is 43.4 Å². The van der Waals surface area contributed by atoms with Crippen LogP contribution in [0.3, 0.4) is 0 Å². The molecule has 1 aromatic rings. The number of amides is 1. The average molecular weight is 364 g/mol. The number of methoxy groups -OCH3 is 1. The highest BCUT2D eigenvalue weighted by Gasteiger charge is 2.23. The van der Waals surface area contributed by atoms with Gasteiger partial charge in [-0.3, -0.25) is 9.69 Å². The van der Waals surface area contributed by atoms with Gasteiger partial charge in [-0.25, -0.2) is 0 Å². The fourth-order valence-corrected chi connectivity index (χ4v) is 2.72. The third-order valence-corrected chi connectivity index (χ3v) is 3.78. The quantitative estimate of drug-likeness (QED) is 0.805. The Bertz CT molecular complexity index is 448. The number of rotatable bonds is 6. The molecule has 1 heterocycles. The maximum absolute atomic E-state index is 11.9. The number of nitrogens with zero attached hydrogens (tertiary/aromatic N) is 1. The summed E-state index contributed by atoms with van der Waals surface area (Å²) in [7, 11) is 1.55. The van der Waals surface area contributed by atoms with Crippen molar-refractivity contribution >= 4 is 30.7 Å². The number of nitrogens with two attached hydrogens (primary N) is 1. The van der Waals surface area contributed by atoms with Crippen molar-refractivity contribution in [2.24, 2.45) is 5.73 Å². The molecule has 2 rings (SSSR count). The topological polar surface area (TPSA) is 67.6 Å². The number of carbonyl (C=O) groups excluding carboxylic acids is 1. The van der Waals surface area contributed by atoms with E-state index in [0.29, 0.717) is 0 Å². The van der Waals surface area contributed by atoms with Crippen molar-refractivity contribution in [2.45, 2.75) is 31.5 Å². The minimum absolute atomic E-state index is 0. The molecule has 5 nitrogen and oxygen atoms in total. The number of carbonyl (C=O) groups is 1. The van der Waals surface area contributed by atoms with Gasteiger partial charge in [0.25, 0.3) is 0 Å². The Hall–Kier alpha value is -0.850. The van der Waals surface area contributed by atoms with Crippen LogP contribution in [0.15, 0.2) is 30.3 Å². The number of nitrogens with one attached hydrogen (secondary N) is 1. The lowest BCUT2D eigenvalue weighted by Gasteiger charge is -2.33. The molecule has 1 fully saturated rings.